The first-order valence-corrected chi connectivity index (χ1v) is 5.61. The van der Waals surface area contributed by atoms with Gasteiger partial charge in [-0.15, -0.1) is 11.3 Å². The standard InChI is InChI=1S/C9H17N3S/c1-2-3-6-12(7-4-10)9-11-5-8-13-9/h5,8H,2-4,6-7,10H2,1H3. The molecule has 1 aromatic rings. The fourth-order valence-electron chi connectivity index (χ4n) is 1.18. The number of thiazole rings is 1. The van der Waals surface area contributed by atoms with Gasteiger partial charge in [-0.25, -0.2) is 4.98 Å². The van der Waals surface area contributed by atoms with Crippen molar-refractivity contribution >= 4 is 16.5 Å². The van der Waals surface area contributed by atoms with Crippen LogP contribution in [0.3, 0.4) is 0 Å². The van der Waals surface area contributed by atoms with Crippen LogP contribution in [0, 0.1) is 0 Å². The van der Waals surface area contributed by atoms with Gasteiger partial charge >= 0.3 is 0 Å². The van der Waals surface area contributed by atoms with E-state index in [0.717, 1.165) is 18.2 Å². The third-order valence-corrected chi connectivity index (χ3v) is 2.70. The van der Waals surface area contributed by atoms with Crippen molar-refractivity contribution in [1.29, 1.82) is 0 Å². The molecule has 0 radical (unpaired) electrons. The van der Waals surface area contributed by atoms with Crippen molar-refractivity contribution in [2.75, 3.05) is 24.5 Å². The maximum atomic E-state index is 5.54. The highest BCUT2D eigenvalue weighted by atomic mass is 32.1. The molecule has 0 bridgehead atoms. The molecule has 0 atom stereocenters. The quantitative estimate of drug-likeness (QED) is 0.758. The van der Waals surface area contributed by atoms with Crippen molar-refractivity contribution in [1.82, 2.24) is 4.98 Å². The molecular weight excluding hydrogens is 182 g/mol. The summed E-state index contributed by atoms with van der Waals surface area (Å²) < 4.78 is 0. The minimum atomic E-state index is 0.698. The topological polar surface area (TPSA) is 42.1 Å². The second kappa shape index (κ2) is 5.94. The van der Waals surface area contributed by atoms with Crippen molar-refractivity contribution in [3.8, 4) is 0 Å². The van der Waals surface area contributed by atoms with E-state index in [0.29, 0.717) is 6.54 Å². The molecule has 0 aliphatic rings. The zero-order valence-corrected chi connectivity index (χ0v) is 8.89. The second-order valence-corrected chi connectivity index (χ2v) is 3.82. The van der Waals surface area contributed by atoms with Gasteiger partial charge in [0, 0.05) is 31.2 Å². The van der Waals surface area contributed by atoms with Crippen LogP contribution in [0.2, 0.25) is 0 Å². The molecule has 0 aliphatic heterocycles. The average Bonchev–Trinajstić information content (AvgIpc) is 2.65. The summed E-state index contributed by atoms with van der Waals surface area (Å²) in [5.41, 5.74) is 5.54. The molecule has 0 spiro atoms. The van der Waals surface area contributed by atoms with Crippen LogP contribution in [-0.4, -0.2) is 24.6 Å². The van der Waals surface area contributed by atoms with E-state index in [4.69, 9.17) is 5.73 Å². The number of nitrogens with two attached hydrogens (primary N) is 1. The molecule has 0 saturated heterocycles. The fraction of sp³-hybridized carbons (Fsp3) is 0.667. The van der Waals surface area contributed by atoms with Gasteiger partial charge in [0.05, 0.1) is 0 Å². The third-order valence-electron chi connectivity index (χ3n) is 1.87. The maximum absolute atomic E-state index is 5.54. The molecule has 2 N–H and O–H groups in total. The van der Waals surface area contributed by atoms with E-state index in [1.807, 2.05) is 11.6 Å². The van der Waals surface area contributed by atoms with Crippen LogP contribution in [0.1, 0.15) is 19.8 Å². The largest absolute Gasteiger partial charge is 0.347 e. The van der Waals surface area contributed by atoms with Gasteiger partial charge in [-0.1, -0.05) is 13.3 Å². The Morgan fingerprint density at radius 3 is 2.92 bits per heavy atom. The smallest absolute Gasteiger partial charge is 0.185 e. The minimum Gasteiger partial charge on any atom is -0.347 e. The number of rotatable bonds is 6. The lowest BCUT2D eigenvalue weighted by Gasteiger charge is -2.20. The van der Waals surface area contributed by atoms with Gasteiger partial charge < -0.3 is 10.6 Å². The predicted molar refractivity (Wildman–Crippen MR) is 58.3 cm³/mol. The monoisotopic (exact) mass is 199 g/mol. The van der Waals surface area contributed by atoms with Gasteiger partial charge in [0.2, 0.25) is 0 Å². The van der Waals surface area contributed by atoms with Crippen molar-refractivity contribution in [3.05, 3.63) is 11.6 Å². The molecule has 1 aromatic heterocycles. The lowest BCUT2D eigenvalue weighted by atomic mass is 10.3. The van der Waals surface area contributed by atoms with Crippen molar-refractivity contribution in [3.63, 3.8) is 0 Å². The first-order valence-electron chi connectivity index (χ1n) is 4.73. The van der Waals surface area contributed by atoms with E-state index in [-0.39, 0.29) is 0 Å². The van der Waals surface area contributed by atoms with Crippen molar-refractivity contribution in [2.24, 2.45) is 5.73 Å². The summed E-state index contributed by atoms with van der Waals surface area (Å²) in [4.78, 5) is 6.54. The molecule has 0 fully saturated rings. The zero-order chi connectivity index (χ0) is 9.52. The molecule has 0 saturated carbocycles. The summed E-state index contributed by atoms with van der Waals surface area (Å²) >= 11 is 1.68. The molecule has 3 nitrogen and oxygen atoms in total. The van der Waals surface area contributed by atoms with Crippen LogP contribution >= 0.6 is 11.3 Å². The second-order valence-electron chi connectivity index (χ2n) is 2.94. The summed E-state index contributed by atoms with van der Waals surface area (Å²) in [6, 6.07) is 0. The van der Waals surface area contributed by atoms with E-state index in [9.17, 15) is 0 Å². The van der Waals surface area contributed by atoms with Crippen molar-refractivity contribution in [2.45, 2.75) is 19.8 Å². The summed E-state index contributed by atoms with van der Waals surface area (Å²) in [5, 5.41) is 3.10. The third kappa shape index (κ3) is 3.32. The van der Waals surface area contributed by atoms with Gasteiger partial charge in [-0.05, 0) is 6.42 Å². The molecule has 1 heterocycles. The Balaban J connectivity index is 2.47. The van der Waals surface area contributed by atoms with E-state index in [1.54, 1.807) is 11.3 Å². The van der Waals surface area contributed by atoms with Crippen LogP contribution < -0.4 is 10.6 Å². The van der Waals surface area contributed by atoms with Gasteiger partial charge in [-0.3, -0.25) is 0 Å². The Hall–Kier alpha value is -0.610. The highest BCUT2D eigenvalue weighted by Gasteiger charge is 2.06. The first kappa shape index (κ1) is 10.5. The van der Waals surface area contributed by atoms with Crippen LogP contribution in [0.5, 0.6) is 0 Å². The van der Waals surface area contributed by atoms with E-state index < -0.39 is 0 Å². The molecule has 1 rings (SSSR count). The van der Waals surface area contributed by atoms with Crippen LogP contribution in [-0.2, 0) is 0 Å². The summed E-state index contributed by atoms with van der Waals surface area (Å²) in [7, 11) is 0. The molecule has 0 aliphatic carbocycles. The van der Waals surface area contributed by atoms with Crippen LogP contribution in [0.15, 0.2) is 11.6 Å². The van der Waals surface area contributed by atoms with Gasteiger partial charge in [-0.2, -0.15) is 0 Å². The predicted octanol–water partition coefficient (Wildman–Crippen LogP) is 1.71. The Kier molecular flexibility index (Phi) is 4.78. The normalized spacial score (nSPS) is 10.3. The summed E-state index contributed by atoms with van der Waals surface area (Å²) in [6.45, 7) is 4.88. The van der Waals surface area contributed by atoms with Crippen LogP contribution in [0.25, 0.3) is 0 Å². The molecule has 0 aromatic carbocycles. The summed E-state index contributed by atoms with van der Waals surface area (Å²) in [5.74, 6) is 0. The first-order chi connectivity index (χ1) is 6.38. The molecule has 13 heavy (non-hydrogen) atoms. The highest BCUT2D eigenvalue weighted by Crippen LogP contribution is 2.17. The number of unbranched alkanes of at least 4 members (excludes halogenated alkanes) is 1. The average molecular weight is 199 g/mol. The summed E-state index contributed by atoms with van der Waals surface area (Å²) in [6.07, 6.45) is 4.27. The Morgan fingerprint density at radius 1 is 1.54 bits per heavy atom. The number of nitrogens with zero attached hydrogens (tertiary/aromatic N) is 2. The van der Waals surface area contributed by atoms with Gasteiger partial charge in [0.25, 0.3) is 0 Å². The molecule has 0 amide bonds. The van der Waals surface area contributed by atoms with Gasteiger partial charge in [0.15, 0.2) is 5.13 Å². The lowest BCUT2D eigenvalue weighted by molar-refractivity contribution is 0.713. The molecule has 74 valence electrons. The maximum Gasteiger partial charge on any atom is 0.185 e. The Labute approximate surface area is 83.6 Å². The van der Waals surface area contributed by atoms with E-state index in [2.05, 4.69) is 16.8 Å². The highest BCUT2D eigenvalue weighted by molar-refractivity contribution is 7.13. The van der Waals surface area contributed by atoms with Crippen molar-refractivity contribution < 1.29 is 0 Å². The fourth-order valence-corrected chi connectivity index (χ4v) is 1.88. The van der Waals surface area contributed by atoms with Gasteiger partial charge in [0.1, 0.15) is 0 Å². The number of anilines is 1. The Bertz CT molecular complexity index is 211. The van der Waals surface area contributed by atoms with E-state index in [1.165, 1.54) is 12.8 Å². The van der Waals surface area contributed by atoms with E-state index >= 15 is 0 Å². The molecule has 0 unspecified atom stereocenters. The minimum absolute atomic E-state index is 0.698. The van der Waals surface area contributed by atoms with Crippen LogP contribution in [0.4, 0.5) is 5.13 Å². The molecular formula is C9H17N3S. The number of hydrogen-bond donors (Lipinski definition) is 1. The Morgan fingerprint density at radius 2 is 2.38 bits per heavy atom. The number of aromatic nitrogens is 1. The zero-order valence-electron chi connectivity index (χ0n) is 8.07. The SMILES string of the molecule is CCCCN(CCN)c1nccs1. The molecule has 4 heteroatoms. The number of hydrogen-bond acceptors (Lipinski definition) is 4. The lowest BCUT2D eigenvalue weighted by Crippen LogP contribution is -2.30.